The van der Waals surface area contributed by atoms with E-state index in [4.69, 9.17) is 29.7 Å². The van der Waals surface area contributed by atoms with Gasteiger partial charge >= 0.3 is 0 Å². The van der Waals surface area contributed by atoms with Gasteiger partial charge in [0.15, 0.2) is 17.0 Å². The van der Waals surface area contributed by atoms with Gasteiger partial charge in [-0.05, 0) is 63.6 Å². The molecule has 0 saturated carbocycles. The third kappa shape index (κ3) is 4.85. The predicted octanol–water partition coefficient (Wildman–Crippen LogP) is 4.02. The van der Waals surface area contributed by atoms with Crippen LogP contribution in [0.3, 0.4) is 0 Å². The van der Waals surface area contributed by atoms with E-state index in [0.29, 0.717) is 46.7 Å². The molecule has 11 heteroatoms. The number of nitrogens with one attached hydrogen (secondary N) is 1. The number of aromatic nitrogens is 4. The molecule has 3 N–H and O–H groups in total. The van der Waals surface area contributed by atoms with Crippen LogP contribution in [0, 0.1) is 0 Å². The van der Waals surface area contributed by atoms with Crippen LogP contribution >= 0.6 is 27.7 Å². The lowest BCUT2D eigenvalue weighted by molar-refractivity contribution is -0.675. The van der Waals surface area contributed by atoms with Crippen molar-refractivity contribution >= 4 is 44.7 Å². The molecule has 178 valence electrons. The van der Waals surface area contributed by atoms with E-state index >= 15 is 0 Å². The first-order valence-corrected chi connectivity index (χ1v) is 11.9. The highest BCUT2D eigenvalue weighted by molar-refractivity contribution is 9.10. The van der Waals surface area contributed by atoms with Gasteiger partial charge in [-0.1, -0.05) is 9.97 Å². The fourth-order valence-electron chi connectivity index (χ4n) is 3.51. The SMILES string of the molecule is COc1ccc(Br)c(Sc2nc3c([nH]2)c(N)nc[n+]3CCc2cc(OC)c(OC)c(OC)c2)c1. The lowest BCUT2D eigenvalue weighted by Crippen LogP contribution is -2.36. The minimum Gasteiger partial charge on any atom is -0.497 e. The van der Waals surface area contributed by atoms with E-state index in [9.17, 15) is 0 Å². The van der Waals surface area contributed by atoms with Gasteiger partial charge in [0, 0.05) is 15.8 Å². The maximum Gasteiger partial charge on any atom is 0.294 e. The van der Waals surface area contributed by atoms with Crippen LogP contribution in [0.4, 0.5) is 5.82 Å². The number of H-pyrrole nitrogens is 1. The number of hydrogen-bond donors (Lipinski definition) is 2. The third-order valence-electron chi connectivity index (χ3n) is 5.24. The van der Waals surface area contributed by atoms with Gasteiger partial charge in [0.25, 0.3) is 5.65 Å². The van der Waals surface area contributed by atoms with E-state index in [1.165, 1.54) is 11.8 Å². The van der Waals surface area contributed by atoms with Crippen molar-refractivity contribution in [3.63, 3.8) is 0 Å². The van der Waals surface area contributed by atoms with Crippen molar-refractivity contribution in [1.29, 1.82) is 0 Å². The number of nitrogen functional groups attached to an aromatic ring is 1. The van der Waals surface area contributed by atoms with E-state index in [0.717, 1.165) is 26.3 Å². The van der Waals surface area contributed by atoms with Gasteiger partial charge in [-0.2, -0.15) is 0 Å². The van der Waals surface area contributed by atoms with Crippen LogP contribution in [-0.4, -0.2) is 43.4 Å². The van der Waals surface area contributed by atoms with Crippen molar-refractivity contribution in [2.24, 2.45) is 0 Å². The molecular weight excluding hydrogens is 522 g/mol. The van der Waals surface area contributed by atoms with E-state index in [1.807, 2.05) is 34.9 Å². The fraction of sp³-hybridized carbons (Fsp3) is 0.261. The Morgan fingerprint density at radius 2 is 1.76 bits per heavy atom. The Bertz CT molecular complexity index is 1310. The lowest BCUT2D eigenvalue weighted by Gasteiger charge is -2.14. The molecule has 9 nitrogen and oxygen atoms in total. The largest absolute Gasteiger partial charge is 0.497 e. The average Bonchev–Trinajstić information content (AvgIpc) is 3.29. The van der Waals surface area contributed by atoms with E-state index < -0.39 is 0 Å². The Kier molecular flexibility index (Phi) is 7.32. The predicted molar refractivity (Wildman–Crippen MR) is 133 cm³/mol. The van der Waals surface area contributed by atoms with Crippen molar-refractivity contribution in [2.75, 3.05) is 34.2 Å². The second kappa shape index (κ2) is 10.4. The van der Waals surface area contributed by atoms with Crippen LogP contribution in [-0.2, 0) is 13.0 Å². The van der Waals surface area contributed by atoms with Gasteiger partial charge in [-0.3, -0.25) is 0 Å². The first kappa shape index (κ1) is 24.0. The lowest BCUT2D eigenvalue weighted by atomic mass is 10.1. The zero-order valence-corrected chi connectivity index (χ0v) is 21.6. The molecule has 0 fully saturated rings. The Morgan fingerprint density at radius 1 is 1.03 bits per heavy atom. The molecule has 2 aromatic carbocycles. The number of hydrogen-bond acceptors (Lipinski definition) is 8. The average molecular weight is 547 g/mol. The molecule has 2 aromatic heterocycles. The van der Waals surface area contributed by atoms with Crippen molar-refractivity contribution in [2.45, 2.75) is 23.0 Å². The molecule has 0 aliphatic rings. The number of aromatic amines is 1. The maximum absolute atomic E-state index is 6.14. The Labute approximate surface area is 209 Å². The van der Waals surface area contributed by atoms with Crippen LogP contribution in [0.1, 0.15) is 5.56 Å². The summed E-state index contributed by atoms with van der Waals surface area (Å²) in [5.74, 6) is 2.96. The summed E-state index contributed by atoms with van der Waals surface area (Å²) in [7, 11) is 6.44. The standard InChI is InChI=1S/C23H24BrN5O4S/c1-30-14-5-6-15(24)18(11-14)34-23-27-19-21(25)26-12-29(22(19)28-23)8-7-13-9-16(31-2)20(33-4)17(10-13)32-3/h5-6,9-12H,7-8H2,1-4H3,(H2,25,27,28)/p+1. The minimum absolute atomic E-state index is 0.392. The Balaban J connectivity index is 1.62. The summed E-state index contributed by atoms with van der Waals surface area (Å²) in [6.07, 6.45) is 2.39. The molecule has 4 rings (SSSR count). The van der Waals surface area contributed by atoms with Crippen molar-refractivity contribution in [3.8, 4) is 23.0 Å². The highest BCUT2D eigenvalue weighted by Gasteiger charge is 2.20. The van der Waals surface area contributed by atoms with Gasteiger partial charge in [-0.15, -0.1) is 0 Å². The number of methoxy groups -OCH3 is 4. The number of halogens is 1. The summed E-state index contributed by atoms with van der Waals surface area (Å²) < 4.78 is 24.6. The van der Waals surface area contributed by atoms with Crippen LogP contribution in [0.5, 0.6) is 23.0 Å². The van der Waals surface area contributed by atoms with Gasteiger partial charge in [0.2, 0.25) is 23.1 Å². The minimum atomic E-state index is 0.392. The fourth-order valence-corrected chi connectivity index (χ4v) is 4.84. The molecule has 34 heavy (non-hydrogen) atoms. The quantitative estimate of drug-likeness (QED) is 0.303. The second-order valence-electron chi connectivity index (χ2n) is 7.25. The van der Waals surface area contributed by atoms with Gasteiger partial charge in [-0.25, -0.2) is 4.57 Å². The molecule has 0 amide bonds. The number of anilines is 1. The summed E-state index contributed by atoms with van der Waals surface area (Å²) >= 11 is 5.06. The van der Waals surface area contributed by atoms with Gasteiger partial charge < -0.3 is 29.7 Å². The summed E-state index contributed by atoms with van der Waals surface area (Å²) in [4.78, 5) is 13.4. The molecule has 0 atom stereocenters. The molecule has 4 aromatic rings. The topological polar surface area (TPSA) is 108 Å². The van der Waals surface area contributed by atoms with E-state index in [1.54, 1.807) is 34.8 Å². The monoisotopic (exact) mass is 546 g/mol. The number of nitrogens with zero attached hydrogens (tertiary/aromatic N) is 3. The van der Waals surface area contributed by atoms with Crippen LogP contribution in [0.2, 0.25) is 0 Å². The zero-order valence-electron chi connectivity index (χ0n) is 19.2. The number of rotatable bonds is 9. The van der Waals surface area contributed by atoms with Crippen molar-refractivity contribution in [1.82, 2.24) is 15.0 Å². The van der Waals surface area contributed by atoms with Gasteiger partial charge in [0.05, 0.1) is 35.0 Å². The molecule has 0 spiro atoms. The Morgan fingerprint density at radius 3 is 2.41 bits per heavy atom. The number of benzene rings is 2. The first-order chi connectivity index (χ1) is 16.5. The highest BCUT2D eigenvalue weighted by Crippen LogP contribution is 2.38. The summed E-state index contributed by atoms with van der Waals surface area (Å²) in [6, 6.07) is 9.66. The van der Waals surface area contributed by atoms with Crippen LogP contribution in [0.15, 0.2) is 51.2 Å². The molecule has 0 radical (unpaired) electrons. The number of aryl methyl sites for hydroxylation is 2. The molecule has 2 heterocycles. The number of ether oxygens (including phenoxy) is 4. The molecule has 0 bridgehead atoms. The molecule has 0 aliphatic carbocycles. The summed E-state index contributed by atoms with van der Waals surface area (Å²) in [6.45, 7) is 0.625. The first-order valence-electron chi connectivity index (χ1n) is 10.3. The van der Waals surface area contributed by atoms with E-state index in [-0.39, 0.29) is 0 Å². The highest BCUT2D eigenvalue weighted by atomic mass is 79.9. The summed E-state index contributed by atoms with van der Waals surface area (Å²) in [5, 5.41) is 0.699. The van der Waals surface area contributed by atoms with Crippen molar-refractivity contribution < 1.29 is 23.5 Å². The second-order valence-corrected chi connectivity index (χ2v) is 9.13. The third-order valence-corrected chi connectivity index (χ3v) is 7.14. The van der Waals surface area contributed by atoms with E-state index in [2.05, 4.69) is 25.9 Å². The van der Waals surface area contributed by atoms with Crippen LogP contribution in [0.25, 0.3) is 11.2 Å². The molecule has 0 unspecified atom stereocenters. The smallest absolute Gasteiger partial charge is 0.294 e. The Hall–Kier alpha value is -3.18. The van der Waals surface area contributed by atoms with Gasteiger partial charge in [0.1, 0.15) is 5.75 Å². The summed E-state index contributed by atoms with van der Waals surface area (Å²) in [5.41, 5.74) is 8.58. The molecular formula is C23H25BrN5O4S+. The van der Waals surface area contributed by atoms with Crippen LogP contribution < -0.4 is 29.2 Å². The number of nitrogens with two attached hydrogens (primary N) is 1. The number of fused-ring (bicyclic) bond motifs is 1. The zero-order chi connectivity index (χ0) is 24.2. The number of imidazole rings is 1. The molecule has 0 saturated heterocycles. The molecule has 0 aliphatic heterocycles. The van der Waals surface area contributed by atoms with Crippen molar-refractivity contribution in [3.05, 3.63) is 46.7 Å². The maximum atomic E-state index is 6.14. The normalized spacial score (nSPS) is 11.0.